The van der Waals surface area contributed by atoms with Crippen LogP contribution < -0.4 is 0 Å². The average Bonchev–Trinajstić information content (AvgIpc) is 3.08. The van der Waals surface area contributed by atoms with Crippen molar-refractivity contribution in [2.45, 2.75) is 119 Å². The number of hydrogen-bond donors (Lipinski definition) is 0. The van der Waals surface area contributed by atoms with Gasteiger partial charge in [-0.3, -0.25) is 0 Å². The van der Waals surface area contributed by atoms with Gasteiger partial charge in [0.1, 0.15) is 0 Å². The van der Waals surface area contributed by atoms with Crippen LogP contribution in [0.4, 0.5) is 0 Å². The van der Waals surface area contributed by atoms with Crippen molar-refractivity contribution < 1.29 is 0 Å². The maximum Gasteiger partial charge on any atom is -0.0383 e. The van der Waals surface area contributed by atoms with Crippen LogP contribution >= 0.6 is 0 Å². The lowest BCUT2D eigenvalue weighted by atomic mass is 9.69. The van der Waals surface area contributed by atoms with Gasteiger partial charge in [0, 0.05) is 0 Å². The first kappa shape index (κ1) is 22.0. The summed E-state index contributed by atoms with van der Waals surface area (Å²) in [6.45, 7) is 8.99. The molecule has 0 aromatic carbocycles. The zero-order valence-corrected chi connectivity index (χ0v) is 16.7. The quantitative estimate of drug-likeness (QED) is 0.482. The molecule has 0 heteroatoms. The molecular weight excluding hydrogens is 288 g/mol. The summed E-state index contributed by atoms with van der Waals surface area (Å²) in [4.78, 5) is 0. The molecule has 0 aromatic heterocycles. The Hall–Kier alpha value is 0. The van der Waals surface area contributed by atoms with Gasteiger partial charge in [0.05, 0.1) is 0 Å². The predicted molar refractivity (Wildman–Crippen MR) is 110 cm³/mol. The van der Waals surface area contributed by atoms with Crippen molar-refractivity contribution in [3.63, 3.8) is 0 Å². The van der Waals surface area contributed by atoms with E-state index in [1.807, 2.05) is 13.8 Å². The highest BCUT2D eigenvalue weighted by Crippen LogP contribution is 2.47. The SMILES string of the molecule is C.CC.CCC1CCCC(CC2CCC(C3CCCCC3)C2)C1C. The fourth-order valence-corrected chi connectivity index (χ4v) is 6.25. The van der Waals surface area contributed by atoms with E-state index in [2.05, 4.69) is 13.8 Å². The van der Waals surface area contributed by atoms with Crippen LogP contribution in [-0.2, 0) is 0 Å². The fourth-order valence-electron chi connectivity index (χ4n) is 6.25. The molecule has 0 N–H and O–H groups in total. The van der Waals surface area contributed by atoms with Gasteiger partial charge >= 0.3 is 0 Å². The number of hydrogen-bond acceptors (Lipinski definition) is 0. The standard InChI is InChI=1S/C21H38.C2H6.CH4/c1-3-18-10-7-11-20(16(18)2)14-17-12-13-21(15-17)19-8-5-4-6-9-19;1-2;/h16-21H,3-15H2,1-2H3;1-2H3;1H4. The third-order valence-corrected chi connectivity index (χ3v) is 7.70. The highest BCUT2D eigenvalue weighted by Gasteiger charge is 2.35. The Morgan fingerprint density at radius 2 is 1.38 bits per heavy atom. The van der Waals surface area contributed by atoms with Crippen molar-refractivity contribution in [3.8, 4) is 0 Å². The molecule has 3 fully saturated rings. The smallest absolute Gasteiger partial charge is 0.0383 e. The second kappa shape index (κ2) is 11.6. The van der Waals surface area contributed by atoms with Gasteiger partial charge in [-0.1, -0.05) is 99.3 Å². The Labute approximate surface area is 154 Å². The molecule has 5 unspecified atom stereocenters. The molecule has 0 heterocycles. The summed E-state index contributed by atoms with van der Waals surface area (Å²) in [6, 6.07) is 0. The molecule has 0 bridgehead atoms. The molecule has 144 valence electrons. The molecule has 3 aliphatic carbocycles. The van der Waals surface area contributed by atoms with Crippen LogP contribution in [0.1, 0.15) is 119 Å². The molecule has 5 atom stereocenters. The van der Waals surface area contributed by atoms with E-state index in [4.69, 9.17) is 0 Å². The van der Waals surface area contributed by atoms with E-state index < -0.39 is 0 Å². The van der Waals surface area contributed by atoms with Crippen LogP contribution in [-0.4, -0.2) is 0 Å². The van der Waals surface area contributed by atoms with Crippen molar-refractivity contribution in [2.24, 2.45) is 35.5 Å². The van der Waals surface area contributed by atoms with Gasteiger partial charge in [0.2, 0.25) is 0 Å². The molecule has 0 aliphatic heterocycles. The zero-order valence-electron chi connectivity index (χ0n) is 16.7. The van der Waals surface area contributed by atoms with Gasteiger partial charge < -0.3 is 0 Å². The Morgan fingerprint density at radius 3 is 2.04 bits per heavy atom. The minimum atomic E-state index is 0. The van der Waals surface area contributed by atoms with Crippen molar-refractivity contribution in [1.82, 2.24) is 0 Å². The lowest BCUT2D eigenvalue weighted by Crippen LogP contribution is -2.27. The zero-order chi connectivity index (χ0) is 16.7. The average molecular weight is 337 g/mol. The molecule has 0 saturated heterocycles. The molecule has 0 amide bonds. The molecule has 3 aliphatic rings. The highest BCUT2D eigenvalue weighted by molar-refractivity contribution is 4.86. The first-order valence-electron chi connectivity index (χ1n) is 11.3. The van der Waals surface area contributed by atoms with Crippen molar-refractivity contribution in [2.75, 3.05) is 0 Å². The van der Waals surface area contributed by atoms with Gasteiger partial charge in [-0.05, 0) is 54.8 Å². The summed E-state index contributed by atoms with van der Waals surface area (Å²) >= 11 is 0. The van der Waals surface area contributed by atoms with Crippen molar-refractivity contribution in [1.29, 1.82) is 0 Å². The van der Waals surface area contributed by atoms with Crippen LogP contribution in [0, 0.1) is 35.5 Å². The Bertz CT molecular complexity index is 301. The van der Waals surface area contributed by atoms with Gasteiger partial charge in [0.15, 0.2) is 0 Å². The largest absolute Gasteiger partial charge is 0.0776 e. The summed E-state index contributed by atoms with van der Waals surface area (Å²) in [5.74, 6) is 6.46. The molecule has 0 nitrogen and oxygen atoms in total. The summed E-state index contributed by atoms with van der Waals surface area (Å²) in [6.07, 6.45) is 20.0. The molecular formula is C24H48. The van der Waals surface area contributed by atoms with Gasteiger partial charge in [0.25, 0.3) is 0 Å². The van der Waals surface area contributed by atoms with E-state index in [0.29, 0.717) is 0 Å². The van der Waals surface area contributed by atoms with E-state index in [-0.39, 0.29) is 7.43 Å². The Morgan fingerprint density at radius 1 is 0.708 bits per heavy atom. The van der Waals surface area contributed by atoms with E-state index in [0.717, 1.165) is 35.5 Å². The monoisotopic (exact) mass is 336 g/mol. The van der Waals surface area contributed by atoms with E-state index in [9.17, 15) is 0 Å². The van der Waals surface area contributed by atoms with Crippen molar-refractivity contribution in [3.05, 3.63) is 0 Å². The van der Waals surface area contributed by atoms with Crippen LogP contribution in [0.5, 0.6) is 0 Å². The number of rotatable bonds is 4. The second-order valence-electron chi connectivity index (χ2n) is 8.79. The van der Waals surface area contributed by atoms with Gasteiger partial charge in [-0.15, -0.1) is 0 Å². The van der Waals surface area contributed by atoms with Gasteiger partial charge in [-0.25, -0.2) is 0 Å². The molecule has 0 aromatic rings. The van der Waals surface area contributed by atoms with E-state index in [1.54, 1.807) is 44.9 Å². The topological polar surface area (TPSA) is 0 Å². The van der Waals surface area contributed by atoms with Crippen molar-refractivity contribution >= 4 is 0 Å². The lowest BCUT2D eigenvalue weighted by Gasteiger charge is -2.37. The minimum Gasteiger partial charge on any atom is -0.0776 e. The van der Waals surface area contributed by atoms with E-state index >= 15 is 0 Å². The van der Waals surface area contributed by atoms with Crippen LogP contribution in [0.25, 0.3) is 0 Å². The molecule has 3 rings (SSSR count). The minimum absolute atomic E-state index is 0. The first-order valence-corrected chi connectivity index (χ1v) is 11.3. The molecule has 0 radical (unpaired) electrons. The maximum absolute atomic E-state index is 2.57. The van der Waals surface area contributed by atoms with E-state index in [1.165, 1.54) is 38.5 Å². The Kier molecular flexibility index (Phi) is 10.6. The second-order valence-corrected chi connectivity index (χ2v) is 8.79. The predicted octanol–water partition coefficient (Wildman–Crippen LogP) is 8.50. The van der Waals surface area contributed by atoms with Crippen LogP contribution in [0.15, 0.2) is 0 Å². The third kappa shape index (κ3) is 5.77. The molecule has 0 spiro atoms. The maximum atomic E-state index is 2.57. The normalized spacial score (nSPS) is 37.2. The van der Waals surface area contributed by atoms with Crippen LogP contribution in [0.2, 0.25) is 0 Å². The molecule has 3 saturated carbocycles. The molecule has 24 heavy (non-hydrogen) atoms. The first-order chi connectivity index (χ1) is 11.3. The highest BCUT2D eigenvalue weighted by atomic mass is 14.4. The summed E-state index contributed by atoms with van der Waals surface area (Å²) < 4.78 is 0. The third-order valence-electron chi connectivity index (χ3n) is 7.70. The fraction of sp³-hybridized carbons (Fsp3) is 1.00. The summed E-state index contributed by atoms with van der Waals surface area (Å²) in [5, 5.41) is 0. The summed E-state index contributed by atoms with van der Waals surface area (Å²) in [5.41, 5.74) is 0. The van der Waals surface area contributed by atoms with Crippen LogP contribution in [0.3, 0.4) is 0 Å². The Balaban J connectivity index is 0.000000925. The van der Waals surface area contributed by atoms with Gasteiger partial charge in [-0.2, -0.15) is 0 Å². The lowest BCUT2D eigenvalue weighted by molar-refractivity contribution is 0.136. The summed E-state index contributed by atoms with van der Waals surface area (Å²) in [7, 11) is 0.